The quantitative estimate of drug-likeness (QED) is 0.431. The summed E-state index contributed by atoms with van der Waals surface area (Å²) in [6.07, 6.45) is 0.866. The largest absolute Gasteiger partial charge is 0.491 e. The first-order valence-corrected chi connectivity index (χ1v) is 6.24. The van der Waals surface area contributed by atoms with Crippen LogP contribution in [-0.2, 0) is 0 Å². The Bertz CT molecular complexity index is 386. The summed E-state index contributed by atoms with van der Waals surface area (Å²) in [6.45, 7) is 1.30. The summed E-state index contributed by atoms with van der Waals surface area (Å²) in [6, 6.07) is 5.19. The molecule has 1 aromatic rings. The zero-order valence-corrected chi connectivity index (χ0v) is 11.1. The van der Waals surface area contributed by atoms with E-state index in [1.807, 2.05) is 6.92 Å². The molecule has 0 aliphatic heterocycles. The molecule has 0 amide bonds. The predicted molar refractivity (Wildman–Crippen MR) is 74.3 cm³/mol. The molecule has 0 aliphatic rings. The Morgan fingerprint density at radius 2 is 1.84 bits per heavy atom. The molecule has 0 radical (unpaired) electrons. The third kappa shape index (κ3) is 3.73. The predicted octanol–water partition coefficient (Wildman–Crippen LogP) is 0.185. The minimum absolute atomic E-state index is 0.385. The number of anilines is 2. The standard InChI is InChI=1S/C13H22N2O4/c1-2-6-19-11-5-3-4-10(12(11)14)15-13(7-16,8-17)9-18/h3-5,15-18H,2,6-9,14H2,1H3. The topological polar surface area (TPSA) is 108 Å². The van der Waals surface area contributed by atoms with E-state index in [1.165, 1.54) is 0 Å². The third-order valence-electron chi connectivity index (χ3n) is 2.84. The fraction of sp³-hybridized carbons (Fsp3) is 0.538. The second-order valence-electron chi connectivity index (χ2n) is 4.45. The Morgan fingerprint density at radius 1 is 1.21 bits per heavy atom. The number of nitrogens with one attached hydrogen (secondary N) is 1. The number of para-hydroxylation sites is 1. The molecule has 0 bridgehead atoms. The molecule has 0 aliphatic carbocycles. The molecule has 0 fully saturated rings. The molecule has 0 heterocycles. The SMILES string of the molecule is CCCOc1cccc(NC(CO)(CO)CO)c1N. The smallest absolute Gasteiger partial charge is 0.144 e. The molecule has 0 aromatic heterocycles. The van der Waals surface area contributed by atoms with Crippen LogP contribution >= 0.6 is 0 Å². The molecule has 108 valence electrons. The van der Waals surface area contributed by atoms with Crippen molar-refractivity contribution in [2.24, 2.45) is 0 Å². The first kappa shape index (κ1) is 15.6. The van der Waals surface area contributed by atoms with Gasteiger partial charge in [0, 0.05) is 0 Å². The molecule has 6 N–H and O–H groups in total. The second-order valence-corrected chi connectivity index (χ2v) is 4.45. The van der Waals surface area contributed by atoms with Crippen LogP contribution in [0.3, 0.4) is 0 Å². The van der Waals surface area contributed by atoms with Gasteiger partial charge in [0.25, 0.3) is 0 Å². The van der Waals surface area contributed by atoms with Gasteiger partial charge in [-0.1, -0.05) is 13.0 Å². The lowest BCUT2D eigenvalue weighted by atomic mass is 10.0. The zero-order valence-electron chi connectivity index (χ0n) is 11.1. The molecule has 1 aromatic carbocycles. The zero-order chi connectivity index (χ0) is 14.3. The minimum atomic E-state index is -1.21. The molecule has 1 rings (SSSR count). The minimum Gasteiger partial charge on any atom is -0.491 e. The fourth-order valence-corrected chi connectivity index (χ4v) is 1.55. The lowest BCUT2D eigenvalue weighted by Crippen LogP contribution is -2.49. The van der Waals surface area contributed by atoms with Gasteiger partial charge < -0.3 is 31.1 Å². The van der Waals surface area contributed by atoms with E-state index in [-0.39, 0.29) is 0 Å². The molecule has 6 nitrogen and oxygen atoms in total. The highest BCUT2D eigenvalue weighted by Gasteiger charge is 2.28. The Balaban J connectivity index is 2.94. The summed E-state index contributed by atoms with van der Waals surface area (Å²) in [7, 11) is 0. The lowest BCUT2D eigenvalue weighted by Gasteiger charge is -2.30. The highest BCUT2D eigenvalue weighted by molar-refractivity contribution is 5.73. The number of hydrogen-bond acceptors (Lipinski definition) is 6. The summed E-state index contributed by atoms with van der Waals surface area (Å²) in [4.78, 5) is 0. The van der Waals surface area contributed by atoms with Crippen molar-refractivity contribution in [1.82, 2.24) is 0 Å². The Morgan fingerprint density at radius 3 is 2.37 bits per heavy atom. The molecular formula is C13H22N2O4. The first-order chi connectivity index (χ1) is 9.12. The monoisotopic (exact) mass is 270 g/mol. The average Bonchev–Trinajstić information content (AvgIpc) is 2.45. The summed E-state index contributed by atoms with van der Waals surface area (Å²) < 4.78 is 5.49. The van der Waals surface area contributed by atoms with E-state index in [4.69, 9.17) is 10.5 Å². The van der Waals surface area contributed by atoms with Crippen molar-refractivity contribution < 1.29 is 20.1 Å². The van der Waals surface area contributed by atoms with E-state index >= 15 is 0 Å². The normalized spacial score (nSPS) is 11.4. The van der Waals surface area contributed by atoms with E-state index in [2.05, 4.69) is 5.32 Å². The van der Waals surface area contributed by atoms with Gasteiger partial charge >= 0.3 is 0 Å². The number of nitrogens with two attached hydrogens (primary N) is 1. The van der Waals surface area contributed by atoms with Crippen molar-refractivity contribution in [1.29, 1.82) is 0 Å². The van der Waals surface area contributed by atoms with Crippen LogP contribution in [0.15, 0.2) is 18.2 Å². The molecule has 0 spiro atoms. The third-order valence-corrected chi connectivity index (χ3v) is 2.84. The van der Waals surface area contributed by atoms with Crippen LogP contribution < -0.4 is 15.8 Å². The molecule has 0 atom stereocenters. The van der Waals surface area contributed by atoms with Crippen LogP contribution in [0.2, 0.25) is 0 Å². The number of hydrogen-bond donors (Lipinski definition) is 5. The Labute approximate surface area is 112 Å². The molecular weight excluding hydrogens is 248 g/mol. The van der Waals surface area contributed by atoms with Gasteiger partial charge in [-0.15, -0.1) is 0 Å². The fourth-order valence-electron chi connectivity index (χ4n) is 1.55. The first-order valence-electron chi connectivity index (χ1n) is 6.24. The van der Waals surface area contributed by atoms with Crippen LogP contribution in [0.5, 0.6) is 5.75 Å². The average molecular weight is 270 g/mol. The number of aliphatic hydroxyl groups is 3. The summed E-state index contributed by atoms with van der Waals surface area (Å²) in [5, 5.41) is 30.7. The van der Waals surface area contributed by atoms with Crippen molar-refractivity contribution >= 4 is 11.4 Å². The van der Waals surface area contributed by atoms with Gasteiger partial charge in [-0.25, -0.2) is 0 Å². The number of benzene rings is 1. The molecule has 19 heavy (non-hydrogen) atoms. The van der Waals surface area contributed by atoms with E-state index in [9.17, 15) is 15.3 Å². The van der Waals surface area contributed by atoms with E-state index in [0.717, 1.165) is 6.42 Å². The van der Waals surface area contributed by atoms with E-state index in [0.29, 0.717) is 23.7 Å². The van der Waals surface area contributed by atoms with Gasteiger partial charge in [0.1, 0.15) is 11.3 Å². The van der Waals surface area contributed by atoms with Crippen molar-refractivity contribution in [2.75, 3.05) is 37.5 Å². The van der Waals surface area contributed by atoms with Crippen LogP contribution in [0.25, 0.3) is 0 Å². The number of aliphatic hydroxyl groups excluding tert-OH is 3. The highest BCUT2D eigenvalue weighted by atomic mass is 16.5. The maximum absolute atomic E-state index is 9.28. The summed E-state index contributed by atoms with van der Waals surface area (Å²) in [5.74, 6) is 0.537. The van der Waals surface area contributed by atoms with Gasteiger partial charge in [0.05, 0.1) is 37.8 Å². The van der Waals surface area contributed by atoms with Crippen LogP contribution in [0.1, 0.15) is 13.3 Å². The molecule has 0 saturated heterocycles. The van der Waals surface area contributed by atoms with Gasteiger partial charge in [-0.3, -0.25) is 0 Å². The Hall–Kier alpha value is -1.50. The van der Waals surface area contributed by atoms with Crippen LogP contribution in [-0.4, -0.2) is 47.3 Å². The summed E-state index contributed by atoms with van der Waals surface area (Å²) in [5.41, 5.74) is 5.64. The molecule has 6 heteroatoms. The molecule has 0 saturated carbocycles. The number of ether oxygens (including phenoxy) is 1. The van der Waals surface area contributed by atoms with Crippen molar-refractivity contribution in [3.05, 3.63) is 18.2 Å². The number of nitrogen functional groups attached to an aromatic ring is 1. The maximum Gasteiger partial charge on any atom is 0.144 e. The Kier molecular flexibility index (Phi) is 5.88. The van der Waals surface area contributed by atoms with E-state index in [1.54, 1.807) is 18.2 Å². The van der Waals surface area contributed by atoms with Crippen LogP contribution in [0, 0.1) is 0 Å². The molecule has 0 unspecified atom stereocenters. The van der Waals surface area contributed by atoms with Crippen molar-refractivity contribution in [3.8, 4) is 5.75 Å². The summed E-state index contributed by atoms with van der Waals surface area (Å²) >= 11 is 0. The highest BCUT2D eigenvalue weighted by Crippen LogP contribution is 2.31. The van der Waals surface area contributed by atoms with Gasteiger partial charge in [-0.05, 0) is 18.6 Å². The van der Waals surface area contributed by atoms with Crippen molar-refractivity contribution in [3.63, 3.8) is 0 Å². The van der Waals surface area contributed by atoms with Gasteiger partial charge in [-0.2, -0.15) is 0 Å². The number of rotatable bonds is 8. The maximum atomic E-state index is 9.28. The van der Waals surface area contributed by atoms with Crippen molar-refractivity contribution in [2.45, 2.75) is 18.9 Å². The van der Waals surface area contributed by atoms with Crippen LogP contribution in [0.4, 0.5) is 11.4 Å². The van der Waals surface area contributed by atoms with Gasteiger partial charge in [0.15, 0.2) is 0 Å². The lowest BCUT2D eigenvalue weighted by molar-refractivity contribution is 0.0834. The second kappa shape index (κ2) is 7.18. The van der Waals surface area contributed by atoms with Gasteiger partial charge in [0.2, 0.25) is 0 Å². The van der Waals surface area contributed by atoms with E-state index < -0.39 is 25.4 Å².